The van der Waals surface area contributed by atoms with Crippen molar-refractivity contribution in [1.82, 2.24) is 0 Å². The highest BCUT2D eigenvalue weighted by molar-refractivity contribution is 9.11. The van der Waals surface area contributed by atoms with E-state index >= 15 is 0 Å². The van der Waals surface area contributed by atoms with Gasteiger partial charge in [0, 0.05) is 6.54 Å². The van der Waals surface area contributed by atoms with Crippen molar-refractivity contribution in [2.24, 2.45) is 0 Å². The largest absolute Gasteiger partial charge is 0.478 e. The molecule has 0 unspecified atom stereocenters. The molecule has 0 aromatic carbocycles. The van der Waals surface area contributed by atoms with Crippen molar-refractivity contribution in [2.75, 3.05) is 11.9 Å². The van der Waals surface area contributed by atoms with Crippen LogP contribution in [0.25, 0.3) is 9.75 Å². The van der Waals surface area contributed by atoms with Crippen molar-refractivity contribution in [3.8, 4) is 9.75 Å². The van der Waals surface area contributed by atoms with Gasteiger partial charge in [0.25, 0.3) is 0 Å². The van der Waals surface area contributed by atoms with Gasteiger partial charge in [0.15, 0.2) is 0 Å². The highest BCUT2D eigenvalue weighted by atomic mass is 79.9. The average Bonchev–Trinajstić information content (AvgIpc) is 3.22. The SMILES string of the molecule is CCCCCCCCCCCCNc1cc(Br)sc1-c1sc(Br)cc1C(=O)O. The van der Waals surface area contributed by atoms with Gasteiger partial charge in [0.05, 0.1) is 28.6 Å². The van der Waals surface area contributed by atoms with Crippen LogP contribution in [0.3, 0.4) is 0 Å². The third-order valence-electron chi connectivity index (χ3n) is 4.69. The average molecular weight is 551 g/mol. The van der Waals surface area contributed by atoms with Crippen molar-refractivity contribution in [2.45, 2.75) is 71.1 Å². The highest BCUT2D eigenvalue weighted by Crippen LogP contribution is 2.45. The summed E-state index contributed by atoms with van der Waals surface area (Å²) >= 11 is 10.0. The van der Waals surface area contributed by atoms with E-state index in [9.17, 15) is 9.90 Å². The van der Waals surface area contributed by atoms with E-state index in [1.165, 1.54) is 69.1 Å². The first-order chi connectivity index (χ1) is 13.5. The number of carboxylic acids is 1. The molecule has 0 saturated heterocycles. The van der Waals surface area contributed by atoms with Crippen molar-refractivity contribution in [1.29, 1.82) is 0 Å². The minimum absolute atomic E-state index is 0.355. The van der Waals surface area contributed by atoms with E-state index in [1.54, 1.807) is 17.4 Å². The molecule has 0 amide bonds. The fourth-order valence-corrected chi connectivity index (χ4v) is 6.51. The van der Waals surface area contributed by atoms with Gasteiger partial charge in [-0.3, -0.25) is 0 Å². The number of hydrogen-bond donors (Lipinski definition) is 2. The Morgan fingerprint density at radius 1 is 0.893 bits per heavy atom. The summed E-state index contributed by atoms with van der Waals surface area (Å²) in [7, 11) is 0. The second-order valence-corrected chi connectivity index (χ2v) is 11.9. The molecule has 2 rings (SSSR count). The molecule has 0 spiro atoms. The molecule has 0 aliphatic rings. The zero-order valence-corrected chi connectivity index (χ0v) is 21.2. The molecule has 0 radical (unpaired) electrons. The molecule has 2 aromatic rings. The first-order valence-corrected chi connectivity index (χ1v) is 13.3. The van der Waals surface area contributed by atoms with Crippen LogP contribution < -0.4 is 5.32 Å². The number of halogens is 2. The van der Waals surface area contributed by atoms with Crippen LogP contribution in [0.1, 0.15) is 81.5 Å². The van der Waals surface area contributed by atoms with Crippen LogP contribution in [-0.4, -0.2) is 17.6 Å². The Bertz CT molecular complexity index is 743. The quantitative estimate of drug-likeness (QED) is 0.230. The van der Waals surface area contributed by atoms with Crippen molar-refractivity contribution in [3.05, 3.63) is 25.3 Å². The third kappa shape index (κ3) is 7.81. The molecule has 7 heteroatoms. The monoisotopic (exact) mass is 549 g/mol. The zero-order valence-electron chi connectivity index (χ0n) is 16.4. The van der Waals surface area contributed by atoms with Crippen LogP contribution in [0, 0.1) is 0 Å². The second-order valence-electron chi connectivity index (χ2n) is 7.00. The number of nitrogens with one attached hydrogen (secondary N) is 1. The number of carbonyl (C=O) groups is 1. The molecule has 0 aliphatic carbocycles. The molecule has 0 bridgehead atoms. The number of aromatic carboxylic acids is 1. The van der Waals surface area contributed by atoms with Gasteiger partial charge in [-0.15, -0.1) is 22.7 Å². The van der Waals surface area contributed by atoms with E-state index < -0.39 is 5.97 Å². The van der Waals surface area contributed by atoms with E-state index in [1.807, 2.05) is 0 Å². The van der Waals surface area contributed by atoms with Crippen molar-refractivity contribution in [3.63, 3.8) is 0 Å². The number of carboxylic acid groups (broad SMARTS) is 1. The first-order valence-electron chi connectivity index (χ1n) is 10.1. The summed E-state index contributed by atoms with van der Waals surface area (Å²) in [5.74, 6) is -0.887. The minimum atomic E-state index is -0.887. The van der Waals surface area contributed by atoms with Crippen molar-refractivity contribution < 1.29 is 9.90 Å². The molecule has 0 fully saturated rings. The van der Waals surface area contributed by atoms with Crippen LogP contribution in [-0.2, 0) is 0 Å². The van der Waals surface area contributed by atoms with Crippen LogP contribution >= 0.6 is 54.5 Å². The molecule has 3 nitrogen and oxygen atoms in total. The number of anilines is 1. The number of hydrogen-bond acceptors (Lipinski definition) is 4. The number of rotatable bonds is 14. The molecule has 2 aromatic heterocycles. The minimum Gasteiger partial charge on any atom is -0.478 e. The fourth-order valence-electron chi connectivity index (χ4n) is 3.18. The van der Waals surface area contributed by atoms with Crippen molar-refractivity contribution >= 4 is 66.2 Å². The first kappa shape index (κ1) is 23.9. The fraction of sp³-hybridized carbons (Fsp3) is 0.571. The van der Waals surface area contributed by atoms with Gasteiger partial charge >= 0.3 is 5.97 Å². The third-order valence-corrected chi connectivity index (χ3v) is 8.13. The standard InChI is InChI=1S/C21H29Br2NO2S2/c1-2-3-4-5-6-7-8-9-10-11-12-24-16-14-18(23)28-20(16)19-15(21(25)26)13-17(22)27-19/h13-14,24H,2-12H2,1H3,(H,25,26). The Labute approximate surface area is 193 Å². The maximum absolute atomic E-state index is 11.5. The van der Waals surface area contributed by atoms with E-state index in [2.05, 4.69) is 50.2 Å². The lowest BCUT2D eigenvalue weighted by atomic mass is 10.1. The summed E-state index contributed by atoms with van der Waals surface area (Å²) in [5, 5.41) is 13.0. The lowest BCUT2D eigenvalue weighted by molar-refractivity contribution is 0.0698. The predicted molar refractivity (Wildman–Crippen MR) is 130 cm³/mol. The summed E-state index contributed by atoms with van der Waals surface area (Å²) in [6, 6.07) is 3.73. The van der Waals surface area contributed by atoms with Crippen LogP contribution in [0.2, 0.25) is 0 Å². The van der Waals surface area contributed by atoms with Gasteiger partial charge in [-0.25, -0.2) is 4.79 Å². The molecule has 156 valence electrons. The molecular weight excluding hydrogens is 522 g/mol. The van der Waals surface area contributed by atoms with Gasteiger partial charge < -0.3 is 10.4 Å². The molecule has 2 heterocycles. The molecular formula is C21H29Br2NO2S2. The van der Waals surface area contributed by atoms with E-state index in [0.717, 1.165) is 36.0 Å². The summed E-state index contributed by atoms with van der Waals surface area (Å²) in [6.07, 6.45) is 13.3. The van der Waals surface area contributed by atoms with Gasteiger partial charge in [0.2, 0.25) is 0 Å². The van der Waals surface area contributed by atoms with Crippen LogP contribution in [0.5, 0.6) is 0 Å². The smallest absolute Gasteiger partial charge is 0.337 e. The Balaban J connectivity index is 1.75. The topological polar surface area (TPSA) is 49.3 Å². The summed E-state index contributed by atoms with van der Waals surface area (Å²) < 4.78 is 1.85. The lowest BCUT2D eigenvalue weighted by Crippen LogP contribution is -2.02. The molecule has 2 N–H and O–H groups in total. The Morgan fingerprint density at radius 3 is 2.04 bits per heavy atom. The highest BCUT2D eigenvalue weighted by Gasteiger charge is 2.20. The van der Waals surface area contributed by atoms with E-state index in [4.69, 9.17) is 0 Å². The zero-order chi connectivity index (χ0) is 20.4. The molecule has 0 saturated carbocycles. The lowest BCUT2D eigenvalue weighted by Gasteiger charge is -2.07. The van der Waals surface area contributed by atoms with Gasteiger partial charge in [-0.1, -0.05) is 64.7 Å². The summed E-state index contributed by atoms with van der Waals surface area (Å²) in [6.45, 7) is 3.18. The summed E-state index contributed by atoms with van der Waals surface area (Å²) in [4.78, 5) is 13.3. The normalized spacial score (nSPS) is 11.1. The molecule has 0 aliphatic heterocycles. The Hall–Kier alpha value is -0.370. The van der Waals surface area contributed by atoms with Gasteiger partial charge in [0.1, 0.15) is 0 Å². The molecule has 28 heavy (non-hydrogen) atoms. The number of unbranched alkanes of at least 4 members (excludes halogenated alkanes) is 9. The van der Waals surface area contributed by atoms with E-state index in [-0.39, 0.29) is 0 Å². The number of thiophene rings is 2. The van der Waals surface area contributed by atoms with Gasteiger partial charge in [-0.05, 0) is 50.4 Å². The van der Waals surface area contributed by atoms with Gasteiger partial charge in [-0.2, -0.15) is 0 Å². The maximum Gasteiger partial charge on any atom is 0.337 e. The van der Waals surface area contributed by atoms with Crippen LogP contribution in [0.4, 0.5) is 5.69 Å². The van der Waals surface area contributed by atoms with Crippen LogP contribution in [0.15, 0.2) is 19.7 Å². The maximum atomic E-state index is 11.5. The predicted octanol–water partition coefficient (Wildman–Crippen LogP) is 9.03. The second kappa shape index (κ2) is 13.0. The Morgan fingerprint density at radius 2 is 1.43 bits per heavy atom. The molecule has 0 atom stereocenters. The Kier molecular flexibility index (Phi) is 11.1. The summed E-state index contributed by atoms with van der Waals surface area (Å²) in [5.41, 5.74) is 1.37. The van der Waals surface area contributed by atoms with E-state index in [0.29, 0.717) is 5.56 Å².